The van der Waals surface area contributed by atoms with E-state index in [1.165, 1.54) is 10.8 Å². The van der Waals surface area contributed by atoms with Gasteiger partial charge in [0.15, 0.2) is 0 Å². The molecule has 0 amide bonds. The van der Waals surface area contributed by atoms with E-state index in [2.05, 4.69) is 59.2 Å². The van der Waals surface area contributed by atoms with Crippen LogP contribution in [0.3, 0.4) is 0 Å². The Labute approximate surface area is 235 Å². The van der Waals surface area contributed by atoms with Crippen LogP contribution in [0.15, 0.2) is 137 Å². The Balaban J connectivity index is 1.38. The summed E-state index contributed by atoms with van der Waals surface area (Å²) in [5.41, 5.74) is 5.68. The maximum Gasteiger partial charge on any atom is 0.210 e. The van der Waals surface area contributed by atoms with Crippen LogP contribution < -0.4 is 0 Å². The number of benzene rings is 6. The fraction of sp³-hybridized carbons (Fsp3) is 0. The van der Waals surface area contributed by atoms with Crippen molar-refractivity contribution in [2.24, 2.45) is 0 Å². The summed E-state index contributed by atoms with van der Waals surface area (Å²) in [6, 6.07) is 42.0. The van der Waals surface area contributed by atoms with Crippen LogP contribution >= 0.6 is 0 Å². The van der Waals surface area contributed by atoms with Gasteiger partial charge >= 0.3 is 0 Å². The molecule has 3 heterocycles. The molecule has 41 heavy (non-hydrogen) atoms. The SMILES string of the molecule is O=S1(=O)c2cc(-n3c4ccccc4c4c5ccccc5ccc43)ccc2-n2c(-c3ccccc3)nc3cccc1c32. The number of fused-ring (bicyclic) bond motifs is 7. The zero-order valence-electron chi connectivity index (χ0n) is 21.7. The summed E-state index contributed by atoms with van der Waals surface area (Å²) >= 11 is 0. The maximum absolute atomic E-state index is 14.2. The van der Waals surface area contributed by atoms with Gasteiger partial charge in [-0.05, 0) is 53.2 Å². The van der Waals surface area contributed by atoms with Gasteiger partial charge < -0.3 is 4.57 Å². The number of aromatic nitrogens is 3. The number of hydrogen-bond acceptors (Lipinski definition) is 3. The first-order valence-corrected chi connectivity index (χ1v) is 15.0. The van der Waals surface area contributed by atoms with E-state index >= 15 is 0 Å². The molecule has 0 unspecified atom stereocenters. The molecule has 0 radical (unpaired) electrons. The first kappa shape index (κ1) is 22.6. The highest BCUT2D eigenvalue weighted by atomic mass is 32.2. The van der Waals surface area contributed by atoms with Gasteiger partial charge in [0.05, 0.1) is 37.5 Å². The van der Waals surface area contributed by atoms with Crippen molar-refractivity contribution < 1.29 is 8.42 Å². The van der Waals surface area contributed by atoms with E-state index in [1.807, 2.05) is 65.2 Å². The van der Waals surface area contributed by atoms with E-state index in [0.717, 1.165) is 38.9 Å². The van der Waals surface area contributed by atoms with Crippen LogP contribution in [0.5, 0.6) is 0 Å². The third-order valence-electron chi connectivity index (χ3n) is 8.26. The second-order valence-corrected chi connectivity index (χ2v) is 12.3. The number of rotatable bonds is 2. The lowest BCUT2D eigenvalue weighted by Gasteiger charge is -2.22. The van der Waals surface area contributed by atoms with Crippen LogP contribution in [0, 0.1) is 0 Å². The van der Waals surface area contributed by atoms with Crippen molar-refractivity contribution in [1.82, 2.24) is 14.1 Å². The zero-order valence-corrected chi connectivity index (χ0v) is 22.5. The molecule has 1 aliphatic heterocycles. The van der Waals surface area contributed by atoms with E-state index < -0.39 is 9.84 Å². The largest absolute Gasteiger partial charge is 0.309 e. The van der Waals surface area contributed by atoms with E-state index in [4.69, 9.17) is 4.98 Å². The number of imidazole rings is 1. The molecule has 0 spiro atoms. The van der Waals surface area contributed by atoms with Crippen molar-refractivity contribution in [1.29, 1.82) is 0 Å². The number of nitrogens with zero attached hydrogens (tertiary/aromatic N) is 3. The topological polar surface area (TPSA) is 56.9 Å². The van der Waals surface area contributed by atoms with Gasteiger partial charge in [0, 0.05) is 22.0 Å². The average molecular weight is 548 g/mol. The molecule has 0 saturated heterocycles. The molecule has 0 atom stereocenters. The van der Waals surface area contributed by atoms with Gasteiger partial charge in [0.2, 0.25) is 9.84 Å². The van der Waals surface area contributed by atoms with Gasteiger partial charge in [-0.1, -0.05) is 84.9 Å². The average Bonchev–Trinajstić information content (AvgIpc) is 3.57. The van der Waals surface area contributed by atoms with Gasteiger partial charge in [0.25, 0.3) is 0 Å². The van der Waals surface area contributed by atoms with Crippen LogP contribution in [0.25, 0.3) is 66.4 Å². The van der Waals surface area contributed by atoms with Crippen LogP contribution in [0.1, 0.15) is 0 Å². The molecule has 0 aliphatic carbocycles. The van der Waals surface area contributed by atoms with Gasteiger partial charge in [-0.2, -0.15) is 0 Å². The Hall–Kier alpha value is -5.20. The lowest BCUT2D eigenvalue weighted by atomic mass is 10.0. The molecule has 2 aromatic heterocycles. The van der Waals surface area contributed by atoms with Gasteiger partial charge in [-0.15, -0.1) is 0 Å². The molecule has 0 fully saturated rings. The summed E-state index contributed by atoms with van der Waals surface area (Å²) in [7, 11) is -3.81. The summed E-state index contributed by atoms with van der Waals surface area (Å²) in [6.45, 7) is 0. The Kier molecular flexibility index (Phi) is 4.37. The van der Waals surface area contributed by atoms with Crippen LogP contribution in [0.2, 0.25) is 0 Å². The van der Waals surface area contributed by atoms with Gasteiger partial charge in [-0.3, -0.25) is 4.57 Å². The smallest absolute Gasteiger partial charge is 0.210 e. The zero-order chi connectivity index (χ0) is 27.3. The summed E-state index contributed by atoms with van der Waals surface area (Å²) < 4.78 is 32.6. The molecular weight excluding hydrogens is 526 g/mol. The molecule has 0 bridgehead atoms. The molecule has 0 saturated carbocycles. The van der Waals surface area contributed by atoms with Crippen LogP contribution in [0.4, 0.5) is 0 Å². The molecule has 9 rings (SSSR count). The predicted octanol–water partition coefficient (Wildman–Crippen LogP) is 8.09. The molecule has 1 aliphatic rings. The van der Waals surface area contributed by atoms with Crippen molar-refractivity contribution in [2.75, 3.05) is 0 Å². The van der Waals surface area contributed by atoms with E-state index in [9.17, 15) is 8.42 Å². The monoisotopic (exact) mass is 547 g/mol. The van der Waals surface area contributed by atoms with Crippen molar-refractivity contribution in [3.05, 3.63) is 127 Å². The highest BCUT2D eigenvalue weighted by molar-refractivity contribution is 7.92. The Morgan fingerprint density at radius 3 is 2.24 bits per heavy atom. The minimum atomic E-state index is -3.81. The first-order valence-electron chi connectivity index (χ1n) is 13.5. The molecule has 6 aromatic carbocycles. The van der Waals surface area contributed by atoms with Crippen LogP contribution in [-0.4, -0.2) is 22.5 Å². The fourth-order valence-corrected chi connectivity index (χ4v) is 8.16. The molecule has 8 aromatic rings. The third kappa shape index (κ3) is 2.94. The van der Waals surface area contributed by atoms with Crippen molar-refractivity contribution in [2.45, 2.75) is 9.79 Å². The Morgan fingerprint density at radius 2 is 1.37 bits per heavy atom. The van der Waals surface area contributed by atoms with Gasteiger partial charge in [-0.25, -0.2) is 13.4 Å². The normalized spacial score (nSPS) is 13.8. The Morgan fingerprint density at radius 1 is 0.585 bits per heavy atom. The Bertz CT molecular complexity index is 2490. The van der Waals surface area contributed by atoms with E-state index in [1.54, 1.807) is 12.1 Å². The lowest BCUT2D eigenvalue weighted by molar-refractivity contribution is 0.594. The summed E-state index contributed by atoms with van der Waals surface area (Å²) in [6.07, 6.45) is 0. The standard InChI is InChI=1S/C35H21N3O2S/c39-41(40)31-16-8-14-27-34(31)38(35(36-27)23-10-2-1-3-11-23)29-20-18-24(21-32(29)41)37-28-15-7-6-13-26(28)33-25-12-5-4-9-22(25)17-19-30(33)37/h1-21H. The summed E-state index contributed by atoms with van der Waals surface area (Å²) in [5.74, 6) is 0.722. The number of hydrogen-bond donors (Lipinski definition) is 0. The molecule has 0 N–H and O–H groups in total. The van der Waals surface area contributed by atoms with Crippen molar-refractivity contribution in [3.63, 3.8) is 0 Å². The second kappa shape index (κ2) is 7.93. The first-order chi connectivity index (χ1) is 20.1. The fourth-order valence-electron chi connectivity index (χ4n) is 6.51. The quantitative estimate of drug-likeness (QED) is 0.220. The summed E-state index contributed by atoms with van der Waals surface area (Å²) in [4.78, 5) is 5.45. The van der Waals surface area contributed by atoms with Crippen molar-refractivity contribution >= 4 is 53.4 Å². The van der Waals surface area contributed by atoms with E-state index in [0.29, 0.717) is 16.7 Å². The second-order valence-electron chi connectivity index (χ2n) is 10.4. The lowest BCUT2D eigenvalue weighted by Crippen LogP contribution is -2.15. The minimum absolute atomic E-state index is 0.275. The maximum atomic E-state index is 14.2. The highest BCUT2D eigenvalue weighted by Gasteiger charge is 2.34. The minimum Gasteiger partial charge on any atom is -0.309 e. The molecule has 5 nitrogen and oxygen atoms in total. The van der Waals surface area contributed by atoms with E-state index in [-0.39, 0.29) is 9.79 Å². The predicted molar refractivity (Wildman–Crippen MR) is 164 cm³/mol. The molecule has 194 valence electrons. The van der Waals surface area contributed by atoms with Gasteiger partial charge in [0.1, 0.15) is 5.82 Å². The number of sulfone groups is 1. The van der Waals surface area contributed by atoms with Crippen molar-refractivity contribution in [3.8, 4) is 22.8 Å². The highest BCUT2D eigenvalue weighted by Crippen LogP contribution is 2.43. The third-order valence-corrected chi connectivity index (χ3v) is 10.1. The number of para-hydroxylation sites is 2. The molecular formula is C35H21N3O2S. The summed E-state index contributed by atoms with van der Waals surface area (Å²) in [5, 5.41) is 4.64. The molecule has 6 heteroatoms. The van der Waals surface area contributed by atoms with Crippen LogP contribution in [-0.2, 0) is 9.84 Å².